The summed E-state index contributed by atoms with van der Waals surface area (Å²) in [4.78, 5) is 19.8. The largest absolute Gasteiger partial charge is 0.493 e. The fraction of sp³-hybridized carbons (Fsp3) is 0.267. The third-order valence-electron chi connectivity index (χ3n) is 3.06. The molecule has 7 heteroatoms. The molecule has 0 saturated carbocycles. The predicted octanol–water partition coefficient (Wildman–Crippen LogP) is 2.38. The van der Waals surface area contributed by atoms with Gasteiger partial charge in [0.15, 0.2) is 17.3 Å². The molecule has 7 nitrogen and oxygen atoms in total. The number of aromatic nitrogens is 2. The number of carbonyl (C=O) groups is 1. The Bertz CT molecular complexity index is 634. The fourth-order valence-corrected chi connectivity index (χ4v) is 1.92. The minimum Gasteiger partial charge on any atom is -0.493 e. The highest BCUT2D eigenvalue weighted by molar-refractivity contribution is 5.88. The Labute approximate surface area is 128 Å². The lowest BCUT2D eigenvalue weighted by atomic mass is 10.1. The highest BCUT2D eigenvalue weighted by Crippen LogP contribution is 2.29. The van der Waals surface area contributed by atoms with Gasteiger partial charge in [-0.3, -0.25) is 10.3 Å². The third-order valence-corrected chi connectivity index (χ3v) is 3.06. The normalized spacial score (nSPS) is 11.4. The van der Waals surface area contributed by atoms with Gasteiger partial charge in [-0.1, -0.05) is 6.07 Å². The summed E-state index contributed by atoms with van der Waals surface area (Å²) in [6, 6.07) is 4.92. The summed E-state index contributed by atoms with van der Waals surface area (Å²) in [5, 5.41) is 5.43. The van der Waals surface area contributed by atoms with E-state index >= 15 is 0 Å². The van der Waals surface area contributed by atoms with E-state index in [1.54, 1.807) is 20.3 Å². The fourth-order valence-electron chi connectivity index (χ4n) is 1.92. The molecule has 1 aromatic carbocycles. The van der Waals surface area contributed by atoms with Crippen molar-refractivity contribution in [3.63, 3.8) is 0 Å². The molecule has 1 unspecified atom stereocenters. The predicted molar refractivity (Wildman–Crippen MR) is 82.1 cm³/mol. The summed E-state index contributed by atoms with van der Waals surface area (Å²) in [5.41, 5.74) is 0.895. The second-order valence-electron chi connectivity index (χ2n) is 4.53. The Morgan fingerprint density at radius 1 is 1.18 bits per heavy atom. The molecule has 1 aromatic heterocycles. The number of hydrogen-bond acceptors (Lipinski definition) is 5. The first-order valence-electron chi connectivity index (χ1n) is 6.69. The van der Waals surface area contributed by atoms with Crippen molar-refractivity contribution < 1.29 is 14.3 Å². The molecule has 22 heavy (non-hydrogen) atoms. The van der Waals surface area contributed by atoms with Crippen LogP contribution in [0.25, 0.3) is 0 Å². The lowest BCUT2D eigenvalue weighted by Gasteiger charge is -2.16. The second-order valence-corrected chi connectivity index (χ2v) is 4.53. The number of rotatable bonds is 5. The smallest absolute Gasteiger partial charge is 0.320 e. The average molecular weight is 302 g/mol. The first-order chi connectivity index (χ1) is 10.6. The minimum atomic E-state index is -0.359. The van der Waals surface area contributed by atoms with E-state index in [0.717, 1.165) is 5.56 Å². The number of benzene rings is 1. The topological polar surface area (TPSA) is 85.4 Å². The minimum absolute atomic E-state index is 0.212. The van der Waals surface area contributed by atoms with Gasteiger partial charge >= 0.3 is 6.03 Å². The van der Waals surface area contributed by atoms with Crippen LogP contribution in [0, 0.1) is 0 Å². The van der Waals surface area contributed by atoms with Gasteiger partial charge in [0.05, 0.1) is 26.5 Å². The number of amides is 2. The Kier molecular flexibility index (Phi) is 5.13. The number of methoxy groups -OCH3 is 2. The maximum atomic E-state index is 11.9. The van der Waals surface area contributed by atoms with E-state index in [2.05, 4.69) is 20.6 Å². The molecule has 2 N–H and O–H groups in total. The molecule has 2 amide bonds. The van der Waals surface area contributed by atoms with Gasteiger partial charge in [0, 0.05) is 12.4 Å². The Hall–Kier alpha value is -2.83. The maximum Gasteiger partial charge on any atom is 0.320 e. The van der Waals surface area contributed by atoms with Crippen LogP contribution in [-0.4, -0.2) is 30.2 Å². The molecule has 0 aliphatic rings. The van der Waals surface area contributed by atoms with Crippen LogP contribution in [0.1, 0.15) is 18.5 Å². The quantitative estimate of drug-likeness (QED) is 0.885. The molecule has 116 valence electrons. The summed E-state index contributed by atoms with van der Waals surface area (Å²) in [6.45, 7) is 1.87. The summed E-state index contributed by atoms with van der Waals surface area (Å²) in [5.74, 6) is 1.64. The Morgan fingerprint density at radius 3 is 2.59 bits per heavy atom. The molecular formula is C15H18N4O3. The van der Waals surface area contributed by atoms with Crippen LogP contribution in [0.3, 0.4) is 0 Å². The van der Waals surface area contributed by atoms with Crippen LogP contribution in [-0.2, 0) is 0 Å². The van der Waals surface area contributed by atoms with E-state index in [1.807, 2.05) is 19.1 Å². The van der Waals surface area contributed by atoms with Gasteiger partial charge in [0.1, 0.15) is 0 Å². The SMILES string of the molecule is COc1ccc(C(C)NC(=O)Nc2cnccn2)cc1OC. The van der Waals surface area contributed by atoms with E-state index < -0.39 is 0 Å². The number of anilines is 1. The molecule has 0 fully saturated rings. The van der Waals surface area contributed by atoms with Crippen LogP contribution < -0.4 is 20.1 Å². The molecular weight excluding hydrogens is 284 g/mol. The summed E-state index contributed by atoms with van der Waals surface area (Å²) >= 11 is 0. The Balaban J connectivity index is 2.02. The van der Waals surface area contributed by atoms with Gasteiger partial charge < -0.3 is 14.8 Å². The maximum absolute atomic E-state index is 11.9. The Morgan fingerprint density at radius 2 is 1.95 bits per heavy atom. The van der Waals surface area contributed by atoms with Gasteiger partial charge in [-0.15, -0.1) is 0 Å². The van der Waals surface area contributed by atoms with Gasteiger partial charge in [-0.25, -0.2) is 9.78 Å². The van der Waals surface area contributed by atoms with E-state index in [0.29, 0.717) is 17.3 Å². The van der Waals surface area contributed by atoms with Gasteiger partial charge in [0.25, 0.3) is 0 Å². The molecule has 0 aliphatic carbocycles. The number of nitrogens with zero attached hydrogens (tertiary/aromatic N) is 2. The molecule has 0 saturated heterocycles. The van der Waals surface area contributed by atoms with E-state index in [1.165, 1.54) is 18.6 Å². The number of nitrogens with one attached hydrogen (secondary N) is 2. The zero-order chi connectivity index (χ0) is 15.9. The molecule has 2 aromatic rings. The summed E-state index contributed by atoms with van der Waals surface area (Å²) < 4.78 is 10.4. The van der Waals surface area contributed by atoms with E-state index in [4.69, 9.17) is 9.47 Å². The second kappa shape index (κ2) is 7.26. The number of hydrogen-bond donors (Lipinski definition) is 2. The van der Waals surface area contributed by atoms with Crippen molar-refractivity contribution in [2.45, 2.75) is 13.0 Å². The summed E-state index contributed by atoms with van der Waals surface area (Å²) in [7, 11) is 3.15. The van der Waals surface area contributed by atoms with E-state index in [9.17, 15) is 4.79 Å². The van der Waals surface area contributed by atoms with Crippen molar-refractivity contribution in [1.29, 1.82) is 0 Å². The van der Waals surface area contributed by atoms with Crippen molar-refractivity contribution >= 4 is 11.8 Å². The summed E-state index contributed by atoms with van der Waals surface area (Å²) in [6.07, 6.45) is 4.52. The van der Waals surface area contributed by atoms with Crippen LogP contribution >= 0.6 is 0 Å². The molecule has 0 bridgehead atoms. The van der Waals surface area contributed by atoms with Crippen molar-refractivity contribution in [1.82, 2.24) is 15.3 Å². The number of urea groups is 1. The molecule has 1 heterocycles. The lowest BCUT2D eigenvalue weighted by Crippen LogP contribution is -2.31. The molecule has 0 radical (unpaired) electrons. The van der Waals surface area contributed by atoms with Gasteiger partial charge in [-0.2, -0.15) is 0 Å². The van der Waals surface area contributed by atoms with Gasteiger partial charge in [-0.05, 0) is 24.6 Å². The number of carbonyl (C=O) groups excluding carboxylic acids is 1. The average Bonchev–Trinajstić information content (AvgIpc) is 2.54. The molecule has 0 aliphatic heterocycles. The van der Waals surface area contributed by atoms with Crippen molar-refractivity contribution in [2.24, 2.45) is 0 Å². The highest BCUT2D eigenvalue weighted by atomic mass is 16.5. The zero-order valence-corrected chi connectivity index (χ0v) is 12.7. The van der Waals surface area contributed by atoms with Crippen molar-refractivity contribution in [2.75, 3.05) is 19.5 Å². The van der Waals surface area contributed by atoms with E-state index in [-0.39, 0.29) is 12.1 Å². The van der Waals surface area contributed by atoms with Crippen molar-refractivity contribution in [3.8, 4) is 11.5 Å². The molecule has 1 atom stereocenters. The molecule has 2 rings (SSSR count). The third kappa shape index (κ3) is 3.85. The first kappa shape index (κ1) is 15.6. The van der Waals surface area contributed by atoms with Crippen LogP contribution in [0.2, 0.25) is 0 Å². The number of ether oxygens (including phenoxy) is 2. The monoisotopic (exact) mass is 302 g/mol. The van der Waals surface area contributed by atoms with Gasteiger partial charge in [0.2, 0.25) is 0 Å². The van der Waals surface area contributed by atoms with Crippen LogP contribution in [0.15, 0.2) is 36.8 Å². The van der Waals surface area contributed by atoms with Crippen LogP contribution in [0.5, 0.6) is 11.5 Å². The standard InChI is InChI=1S/C15H18N4O3/c1-10(11-4-5-12(21-2)13(8-11)22-3)18-15(20)19-14-9-16-6-7-17-14/h4-10H,1-3H3,(H2,17,18,19,20). The highest BCUT2D eigenvalue weighted by Gasteiger charge is 2.13. The van der Waals surface area contributed by atoms with Crippen molar-refractivity contribution in [3.05, 3.63) is 42.4 Å². The van der Waals surface area contributed by atoms with Crippen LogP contribution in [0.4, 0.5) is 10.6 Å². The lowest BCUT2D eigenvalue weighted by molar-refractivity contribution is 0.249. The molecule has 0 spiro atoms. The first-order valence-corrected chi connectivity index (χ1v) is 6.69. The zero-order valence-electron chi connectivity index (χ0n) is 12.7.